The summed E-state index contributed by atoms with van der Waals surface area (Å²) < 4.78 is 0. The zero-order valence-corrected chi connectivity index (χ0v) is 6.15. The van der Waals surface area contributed by atoms with Crippen molar-refractivity contribution in [1.82, 2.24) is 55.3 Å². The number of hydrazine groups is 11. The first-order valence-electron chi connectivity index (χ1n) is 2.83. The van der Waals surface area contributed by atoms with Gasteiger partial charge in [-0.15, -0.1) is 0 Å². The van der Waals surface area contributed by atoms with Gasteiger partial charge in [-0.1, -0.05) is 0 Å². The highest BCUT2D eigenvalue weighted by Gasteiger charge is 1.78. The fourth-order valence-corrected chi connectivity index (χ4v) is 0.260. The summed E-state index contributed by atoms with van der Waals surface area (Å²) in [6.07, 6.45) is 0. The Morgan fingerprint density at radius 3 is 0.917 bits per heavy atom. The molecule has 0 spiro atoms. The first-order valence-corrected chi connectivity index (χ1v) is 2.83. The number of hydrogen-bond acceptors (Lipinski definition) is 12. The lowest BCUT2D eigenvalue weighted by Gasteiger charge is -2.11. The minimum Gasteiger partial charge on any atom is -0.257 e. The standard InChI is InChI=1S/H14N12/c1-3-5-7-9-11-12-10-8-6-4-2/h3-12H,1-2H2. The Balaban J connectivity index is 2.73. The van der Waals surface area contributed by atoms with Gasteiger partial charge in [-0.25, -0.2) is 0 Å². The molecule has 0 amide bonds. The smallest absolute Gasteiger partial charge is 0.164 e. The number of hydrogen-bond donors (Lipinski definition) is 12. The molecular weight excluding hydrogens is 168 g/mol. The van der Waals surface area contributed by atoms with Crippen LogP contribution in [0.5, 0.6) is 0 Å². The molecule has 0 atom stereocenters. The van der Waals surface area contributed by atoms with Crippen LogP contribution in [0.4, 0.5) is 0 Å². The van der Waals surface area contributed by atoms with Crippen molar-refractivity contribution in [3.05, 3.63) is 0 Å². The summed E-state index contributed by atoms with van der Waals surface area (Å²) in [6.45, 7) is 0. The third kappa shape index (κ3) is 9.52. The van der Waals surface area contributed by atoms with Crippen LogP contribution in [0.15, 0.2) is 0 Å². The van der Waals surface area contributed by atoms with Gasteiger partial charge in [0.2, 0.25) is 0 Å². The molecule has 0 rings (SSSR count). The van der Waals surface area contributed by atoms with Crippen LogP contribution in [0.1, 0.15) is 0 Å². The van der Waals surface area contributed by atoms with Crippen molar-refractivity contribution in [2.24, 2.45) is 11.7 Å². The van der Waals surface area contributed by atoms with Crippen LogP contribution in [0.3, 0.4) is 0 Å². The zero-order valence-electron chi connectivity index (χ0n) is 6.15. The molecule has 0 radical (unpaired) electrons. The Morgan fingerprint density at radius 2 is 0.667 bits per heavy atom. The van der Waals surface area contributed by atoms with E-state index in [9.17, 15) is 0 Å². The molecule has 0 aromatic carbocycles. The monoisotopic (exact) mass is 182 g/mol. The largest absolute Gasteiger partial charge is 0.257 e. The highest BCUT2D eigenvalue weighted by Crippen LogP contribution is 1.24. The van der Waals surface area contributed by atoms with Crippen molar-refractivity contribution in [2.45, 2.75) is 0 Å². The topological polar surface area (TPSA) is 172 Å². The van der Waals surface area contributed by atoms with Gasteiger partial charge in [0, 0.05) is 0 Å². The highest BCUT2D eigenvalue weighted by molar-refractivity contribution is 4.12. The van der Waals surface area contributed by atoms with Crippen molar-refractivity contribution in [1.29, 1.82) is 0 Å². The molecule has 0 heterocycles. The highest BCUT2D eigenvalue weighted by atomic mass is 16.0. The Morgan fingerprint density at radius 1 is 0.417 bits per heavy atom. The number of nitrogens with two attached hydrogens (primary N) is 2. The second-order valence-electron chi connectivity index (χ2n) is 1.29. The molecule has 14 N–H and O–H groups in total. The van der Waals surface area contributed by atoms with Crippen LogP contribution in [0.25, 0.3) is 0 Å². The molecule has 0 aliphatic heterocycles. The average molecular weight is 182 g/mol. The van der Waals surface area contributed by atoms with Gasteiger partial charge < -0.3 is 0 Å². The quantitative estimate of drug-likeness (QED) is 0.0925. The summed E-state index contributed by atoms with van der Waals surface area (Å²) in [7, 11) is 0. The van der Waals surface area contributed by atoms with Crippen molar-refractivity contribution in [3.8, 4) is 0 Å². The Labute approximate surface area is 68.2 Å². The van der Waals surface area contributed by atoms with E-state index in [1.165, 1.54) is 0 Å². The van der Waals surface area contributed by atoms with Gasteiger partial charge in [0.1, 0.15) is 0 Å². The molecule has 0 aliphatic rings. The van der Waals surface area contributed by atoms with Crippen molar-refractivity contribution in [3.63, 3.8) is 0 Å². The summed E-state index contributed by atoms with van der Waals surface area (Å²) in [4.78, 5) is 0. The lowest BCUT2D eigenvalue weighted by Crippen LogP contribution is -2.66. The fraction of sp³-hybridized carbons (Fsp3) is 0. The Kier molecular flexibility index (Phi) is 10.1. The molecule has 0 aromatic rings. The van der Waals surface area contributed by atoms with Gasteiger partial charge >= 0.3 is 0 Å². The van der Waals surface area contributed by atoms with Crippen molar-refractivity contribution >= 4 is 0 Å². The third-order valence-corrected chi connectivity index (χ3v) is 0.582. The minimum absolute atomic E-state index is 2.11. The van der Waals surface area contributed by atoms with E-state index in [1.54, 1.807) is 0 Å². The lowest BCUT2D eigenvalue weighted by atomic mass is 12.1. The molecule has 12 nitrogen and oxygen atoms in total. The lowest BCUT2D eigenvalue weighted by molar-refractivity contribution is 0.234. The summed E-state index contributed by atoms with van der Waals surface area (Å²) >= 11 is 0. The molecule has 0 aromatic heterocycles. The van der Waals surface area contributed by atoms with E-state index in [4.69, 9.17) is 11.7 Å². The second-order valence-corrected chi connectivity index (χ2v) is 1.29. The van der Waals surface area contributed by atoms with E-state index >= 15 is 0 Å². The van der Waals surface area contributed by atoms with Crippen LogP contribution in [-0.2, 0) is 0 Å². The molecule has 0 fully saturated rings. The summed E-state index contributed by atoms with van der Waals surface area (Å²) in [5, 5.41) is 0. The second kappa shape index (κ2) is 10.5. The van der Waals surface area contributed by atoms with Crippen LogP contribution < -0.4 is 67.0 Å². The Bertz CT molecular complexity index is 56.4. The normalized spacial score (nSPS) is 10.5. The summed E-state index contributed by atoms with van der Waals surface area (Å²) in [5.74, 6) is 9.67. The molecule has 0 unspecified atom stereocenters. The van der Waals surface area contributed by atoms with Gasteiger partial charge in [-0.3, -0.25) is 11.7 Å². The van der Waals surface area contributed by atoms with Crippen LogP contribution in [0, 0.1) is 0 Å². The van der Waals surface area contributed by atoms with Gasteiger partial charge in [0.25, 0.3) is 0 Å². The van der Waals surface area contributed by atoms with E-state index in [0.717, 1.165) is 0 Å². The average Bonchev–Trinajstić information content (AvgIpc) is 2.10. The molecular formula is H14N12. The maximum absolute atomic E-state index is 4.84. The first kappa shape index (κ1) is 11.5. The van der Waals surface area contributed by atoms with E-state index in [-0.39, 0.29) is 0 Å². The summed E-state index contributed by atoms with van der Waals surface area (Å²) in [6, 6.07) is 0. The molecule has 0 bridgehead atoms. The zero-order chi connectivity index (χ0) is 9.07. The molecule has 12 heavy (non-hydrogen) atoms. The molecule has 0 aliphatic carbocycles. The van der Waals surface area contributed by atoms with Crippen LogP contribution in [-0.4, -0.2) is 0 Å². The maximum Gasteiger partial charge on any atom is -0.164 e. The minimum atomic E-state index is 2.11. The number of rotatable bonds is 9. The van der Waals surface area contributed by atoms with E-state index in [0.29, 0.717) is 0 Å². The van der Waals surface area contributed by atoms with Crippen molar-refractivity contribution < 1.29 is 0 Å². The maximum atomic E-state index is 4.84. The number of nitrogens with one attached hydrogen (secondary N) is 10. The molecule has 0 saturated heterocycles. The van der Waals surface area contributed by atoms with Crippen molar-refractivity contribution in [2.75, 3.05) is 0 Å². The first-order chi connectivity index (χ1) is 5.91. The summed E-state index contributed by atoms with van der Waals surface area (Å²) in [5.41, 5.74) is 23.3. The fourth-order valence-electron chi connectivity index (χ4n) is 0.260. The van der Waals surface area contributed by atoms with Crippen LogP contribution >= 0.6 is 0 Å². The third-order valence-electron chi connectivity index (χ3n) is 0.582. The van der Waals surface area contributed by atoms with E-state index in [1.807, 2.05) is 0 Å². The van der Waals surface area contributed by atoms with Gasteiger partial charge in [-0.2, -0.15) is 55.3 Å². The predicted octanol–water partition coefficient (Wildman–Crippen LogP) is -6.14. The van der Waals surface area contributed by atoms with Gasteiger partial charge in [-0.05, 0) is 0 Å². The van der Waals surface area contributed by atoms with E-state index in [2.05, 4.69) is 55.3 Å². The van der Waals surface area contributed by atoms with E-state index < -0.39 is 0 Å². The predicted molar refractivity (Wildman–Crippen MR) is 39.7 cm³/mol. The molecule has 0 saturated carbocycles. The molecule has 74 valence electrons. The van der Waals surface area contributed by atoms with Gasteiger partial charge in [0.15, 0.2) is 0 Å². The SMILES string of the molecule is NNNNNNNNNNNN. The molecule has 12 heteroatoms. The van der Waals surface area contributed by atoms with Crippen LogP contribution in [0.2, 0.25) is 0 Å². The Hall–Kier alpha value is -0.480. The van der Waals surface area contributed by atoms with Gasteiger partial charge in [0.05, 0.1) is 0 Å².